The lowest BCUT2D eigenvalue weighted by Crippen LogP contribution is -2.50. The number of aliphatic carboxylic acids is 1. The molecular formula is C14H24N2O4. The van der Waals surface area contributed by atoms with Gasteiger partial charge >= 0.3 is 5.97 Å². The van der Waals surface area contributed by atoms with Crippen molar-refractivity contribution in [2.45, 2.75) is 38.3 Å². The minimum atomic E-state index is -0.849. The van der Waals surface area contributed by atoms with E-state index in [1.165, 1.54) is 6.42 Å². The molecule has 0 spiro atoms. The average Bonchev–Trinajstić information content (AvgIpc) is 2.88. The Bertz CT molecular complexity index is 374. The standard InChI is InChI=1S/C14H24N2O4/c1-10-5-3-4-6-16(10)13(17)7-15(2)12-9-20-8-11(12)14(18)19/h10-12H,3-9H2,1-2H3,(H,18,19). The molecule has 0 aromatic heterocycles. The lowest BCUT2D eigenvalue weighted by Gasteiger charge is -2.35. The van der Waals surface area contributed by atoms with Crippen LogP contribution in [0.25, 0.3) is 0 Å². The predicted octanol–water partition coefficient (Wildman–Crippen LogP) is 0.419. The van der Waals surface area contributed by atoms with E-state index in [0.29, 0.717) is 12.6 Å². The summed E-state index contributed by atoms with van der Waals surface area (Å²) >= 11 is 0. The number of carbonyl (C=O) groups is 2. The van der Waals surface area contributed by atoms with Crippen molar-refractivity contribution in [3.63, 3.8) is 0 Å². The molecule has 1 amide bonds. The maximum Gasteiger partial charge on any atom is 0.310 e. The zero-order chi connectivity index (χ0) is 14.7. The summed E-state index contributed by atoms with van der Waals surface area (Å²) in [5.41, 5.74) is 0. The van der Waals surface area contributed by atoms with Gasteiger partial charge in [-0.3, -0.25) is 14.5 Å². The van der Waals surface area contributed by atoms with E-state index in [4.69, 9.17) is 9.84 Å². The maximum absolute atomic E-state index is 12.3. The number of likely N-dealkylation sites (tertiary alicyclic amines) is 1. The monoisotopic (exact) mass is 284 g/mol. The second-order valence-corrected chi connectivity index (χ2v) is 5.90. The highest BCUT2D eigenvalue weighted by atomic mass is 16.5. The van der Waals surface area contributed by atoms with E-state index in [0.717, 1.165) is 19.4 Å². The van der Waals surface area contributed by atoms with Crippen LogP contribution in [-0.2, 0) is 14.3 Å². The number of likely N-dealkylation sites (N-methyl/N-ethyl adjacent to an activating group) is 1. The van der Waals surface area contributed by atoms with Gasteiger partial charge in [-0.2, -0.15) is 0 Å². The zero-order valence-corrected chi connectivity index (χ0v) is 12.2. The largest absolute Gasteiger partial charge is 0.481 e. The third-order valence-electron chi connectivity index (χ3n) is 4.44. The highest BCUT2D eigenvalue weighted by molar-refractivity contribution is 5.79. The van der Waals surface area contributed by atoms with Crippen LogP contribution in [0.4, 0.5) is 0 Å². The summed E-state index contributed by atoms with van der Waals surface area (Å²) in [6.45, 7) is 3.78. The molecule has 0 radical (unpaired) electrons. The first-order chi connectivity index (χ1) is 9.50. The lowest BCUT2D eigenvalue weighted by molar-refractivity contribution is -0.144. The Balaban J connectivity index is 1.91. The van der Waals surface area contributed by atoms with Gasteiger partial charge in [0.25, 0.3) is 0 Å². The van der Waals surface area contributed by atoms with Gasteiger partial charge in [0, 0.05) is 18.6 Å². The molecule has 6 nitrogen and oxygen atoms in total. The molecule has 0 aliphatic carbocycles. The fourth-order valence-corrected chi connectivity index (χ4v) is 3.10. The minimum absolute atomic E-state index is 0.0933. The van der Waals surface area contributed by atoms with Crippen LogP contribution >= 0.6 is 0 Å². The molecule has 3 atom stereocenters. The number of piperidine rings is 1. The molecule has 0 bridgehead atoms. The van der Waals surface area contributed by atoms with Gasteiger partial charge in [-0.1, -0.05) is 0 Å². The summed E-state index contributed by atoms with van der Waals surface area (Å²) in [6, 6.07) is 0.0799. The number of carboxylic acids is 1. The zero-order valence-electron chi connectivity index (χ0n) is 12.2. The molecule has 3 unspecified atom stereocenters. The number of hydrogen-bond donors (Lipinski definition) is 1. The van der Waals surface area contributed by atoms with Gasteiger partial charge in [-0.25, -0.2) is 0 Å². The molecule has 2 saturated heterocycles. The van der Waals surface area contributed by atoms with E-state index >= 15 is 0 Å². The fourth-order valence-electron chi connectivity index (χ4n) is 3.10. The number of ether oxygens (including phenoxy) is 1. The van der Waals surface area contributed by atoms with Crippen LogP contribution in [0.1, 0.15) is 26.2 Å². The van der Waals surface area contributed by atoms with Gasteiger partial charge in [0.2, 0.25) is 5.91 Å². The van der Waals surface area contributed by atoms with E-state index in [1.54, 1.807) is 0 Å². The van der Waals surface area contributed by atoms with Gasteiger partial charge in [0.15, 0.2) is 0 Å². The third-order valence-corrected chi connectivity index (χ3v) is 4.44. The number of nitrogens with zero attached hydrogens (tertiary/aromatic N) is 2. The van der Waals surface area contributed by atoms with Gasteiger partial charge in [-0.05, 0) is 33.2 Å². The Morgan fingerprint density at radius 3 is 2.75 bits per heavy atom. The fraction of sp³-hybridized carbons (Fsp3) is 0.857. The second-order valence-electron chi connectivity index (χ2n) is 5.90. The molecule has 1 N–H and O–H groups in total. The van der Waals surface area contributed by atoms with Gasteiger partial charge < -0.3 is 14.7 Å². The lowest BCUT2D eigenvalue weighted by atomic mass is 10.0. The molecule has 2 aliphatic heterocycles. The topological polar surface area (TPSA) is 70.1 Å². The molecule has 0 aromatic rings. The summed E-state index contributed by atoms with van der Waals surface area (Å²) in [5.74, 6) is -1.29. The Morgan fingerprint density at radius 2 is 2.10 bits per heavy atom. The van der Waals surface area contributed by atoms with Gasteiger partial charge in [0.05, 0.1) is 25.7 Å². The van der Waals surface area contributed by atoms with Gasteiger partial charge in [-0.15, -0.1) is 0 Å². The van der Waals surface area contributed by atoms with Crippen LogP contribution in [0.15, 0.2) is 0 Å². The molecular weight excluding hydrogens is 260 g/mol. The minimum Gasteiger partial charge on any atom is -0.481 e. The normalized spacial score (nSPS) is 30.8. The van der Waals surface area contributed by atoms with Crippen molar-refractivity contribution in [1.29, 1.82) is 0 Å². The smallest absolute Gasteiger partial charge is 0.310 e. The van der Waals surface area contributed by atoms with Crippen LogP contribution in [0.5, 0.6) is 0 Å². The summed E-state index contributed by atoms with van der Waals surface area (Å²) in [7, 11) is 1.81. The van der Waals surface area contributed by atoms with Crippen LogP contribution in [-0.4, -0.2) is 72.2 Å². The number of rotatable bonds is 4. The van der Waals surface area contributed by atoms with Crippen molar-refractivity contribution in [3.05, 3.63) is 0 Å². The first-order valence-corrected chi connectivity index (χ1v) is 7.31. The van der Waals surface area contributed by atoms with E-state index in [-0.39, 0.29) is 25.1 Å². The molecule has 2 aliphatic rings. The molecule has 2 heterocycles. The molecule has 2 rings (SSSR count). The van der Waals surface area contributed by atoms with Crippen LogP contribution in [0.3, 0.4) is 0 Å². The molecule has 114 valence electrons. The van der Waals surface area contributed by atoms with E-state index in [2.05, 4.69) is 6.92 Å². The summed E-state index contributed by atoms with van der Waals surface area (Å²) in [4.78, 5) is 27.3. The quantitative estimate of drug-likeness (QED) is 0.810. The highest BCUT2D eigenvalue weighted by Gasteiger charge is 2.37. The average molecular weight is 284 g/mol. The Hall–Kier alpha value is -1.14. The summed E-state index contributed by atoms with van der Waals surface area (Å²) in [6.07, 6.45) is 3.29. The number of amides is 1. The van der Waals surface area contributed by atoms with Crippen molar-refractivity contribution in [2.24, 2.45) is 5.92 Å². The summed E-state index contributed by atoms with van der Waals surface area (Å²) < 4.78 is 5.25. The van der Waals surface area contributed by atoms with Crippen molar-refractivity contribution in [2.75, 3.05) is 33.4 Å². The maximum atomic E-state index is 12.3. The summed E-state index contributed by atoms with van der Waals surface area (Å²) in [5, 5.41) is 9.16. The van der Waals surface area contributed by atoms with Crippen LogP contribution in [0, 0.1) is 5.92 Å². The Kier molecular flexibility index (Phi) is 4.99. The first-order valence-electron chi connectivity index (χ1n) is 7.31. The van der Waals surface area contributed by atoms with Crippen LogP contribution < -0.4 is 0 Å². The van der Waals surface area contributed by atoms with Crippen molar-refractivity contribution >= 4 is 11.9 Å². The van der Waals surface area contributed by atoms with Gasteiger partial charge in [0.1, 0.15) is 0 Å². The van der Waals surface area contributed by atoms with Crippen LogP contribution in [0.2, 0.25) is 0 Å². The Labute approximate surface area is 119 Å². The molecule has 20 heavy (non-hydrogen) atoms. The van der Waals surface area contributed by atoms with Crippen molar-refractivity contribution in [1.82, 2.24) is 9.80 Å². The highest BCUT2D eigenvalue weighted by Crippen LogP contribution is 2.20. The van der Waals surface area contributed by atoms with Crippen molar-refractivity contribution in [3.8, 4) is 0 Å². The van der Waals surface area contributed by atoms with E-state index in [1.807, 2.05) is 16.8 Å². The molecule has 2 fully saturated rings. The van der Waals surface area contributed by atoms with E-state index < -0.39 is 11.9 Å². The predicted molar refractivity (Wildman–Crippen MR) is 73.4 cm³/mol. The first kappa shape index (κ1) is 15.3. The van der Waals surface area contributed by atoms with E-state index in [9.17, 15) is 9.59 Å². The molecule has 0 saturated carbocycles. The number of carboxylic acid groups (broad SMARTS) is 1. The molecule has 0 aromatic carbocycles. The Morgan fingerprint density at radius 1 is 1.35 bits per heavy atom. The number of carbonyl (C=O) groups excluding carboxylic acids is 1. The molecule has 6 heteroatoms. The second kappa shape index (κ2) is 6.54. The number of hydrogen-bond acceptors (Lipinski definition) is 4. The SMILES string of the molecule is CC1CCCCN1C(=O)CN(C)C1COCC1C(=O)O. The van der Waals surface area contributed by atoms with Crippen molar-refractivity contribution < 1.29 is 19.4 Å². The third kappa shape index (κ3) is 3.30.